The highest BCUT2D eigenvalue weighted by atomic mass is 28.3. The average Bonchev–Trinajstić information content (AvgIpc) is 2.67. The van der Waals surface area contributed by atoms with Gasteiger partial charge < -0.3 is 10.8 Å². The zero-order valence-electron chi connectivity index (χ0n) is 11.6. The number of hydrogen-bond acceptors (Lipinski definition) is 3. The Bertz CT molecular complexity index is 692. The van der Waals surface area contributed by atoms with Crippen LogP contribution in [0.15, 0.2) is 48.8 Å². The van der Waals surface area contributed by atoms with Gasteiger partial charge in [-0.1, -0.05) is 37.4 Å². The molecule has 0 amide bonds. The van der Waals surface area contributed by atoms with Gasteiger partial charge in [-0.05, 0) is 28.4 Å². The number of hydrogen-bond donors (Lipinski definition) is 2. The number of fused-ring (bicyclic) bond motifs is 1. The monoisotopic (exact) mass is 279 g/mol. The van der Waals surface area contributed by atoms with E-state index in [9.17, 15) is 0 Å². The Hall–Kier alpha value is -2.07. The Morgan fingerprint density at radius 3 is 2.40 bits per heavy atom. The zero-order valence-corrected chi connectivity index (χ0v) is 12.6. The molecule has 0 saturated carbocycles. The van der Waals surface area contributed by atoms with E-state index in [4.69, 9.17) is 10.8 Å². The second-order valence-electron chi connectivity index (χ2n) is 5.76. The minimum absolute atomic E-state index is 0.0673. The standard InChI is InChI=1S/C16H17N3Si/c1-20(2)13-6-4-3-5-12(13)15(18)16(20)14(17)11-7-9-19-10-8-11/h3-10,16-18H,1-2H3. The summed E-state index contributed by atoms with van der Waals surface area (Å²) in [5.74, 6) is 0. The van der Waals surface area contributed by atoms with E-state index in [1.165, 1.54) is 5.19 Å². The molecule has 1 aromatic heterocycles. The molecule has 3 rings (SSSR count). The van der Waals surface area contributed by atoms with E-state index < -0.39 is 8.07 Å². The predicted molar refractivity (Wildman–Crippen MR) is 85.2 cm³/mol. The van der Waals surface area contributed by atoms with Crippen LogP contribution >= 0.6 is 0 Å². The van der Waals surface area contributed by atoms with Gasteiger partial charge in [0.15, 0.2) is 0 Å². The number of nitrogens with zero attached hydrogens (tertiary/aromatic N) is 1. The molecular formula is C16H17N3Si. The largest absolute Gasteiger partial charge is 0.304 e. The lowest BCUT2D eigenvalue weighted by molar-refractivity contribution is 1.28. The quantitative estimate of drug-likeness (QED) is 0.644. The van der Waals surface area contributed by atoms with E-state index in [1.807, 2.05) is 30.3 Å². The van der Waals surface area contributed by atoms with Gasteiger partial charge in [0.25, 0.3) is 0 Å². The van der Waals surface area contributed by atoms with Crippen molar-refractivity contribution < 1.29 is 0 Å². The van der Waals surface area contributed by atoms with E-state index in [-0.39, 0.29) is 5.54 Å². The van der Waals surface area contributed by atoms with Crippen LogP contribution in [0.3, 0.4) is 0 Å². The molecule has 1 aliphatic heterocycles. The van der Waals surface area contributed by atoms with E-state index in [1.54, 1.807) is 12.4 Å². The average molecular weight is 279 g/mol. The van der Waals surface area contributed by atoms with Crippen LogP contribution in [0.5, 0.6) is 0 Å². The van der Waals surface area contributed by atoms with Crippen molar-refractivity contribution in [2.24, 2.45) is 0 Å². The van der Waals surface area contributed by atoms with E-state index >= 15 is 0 Å². The molecule has 2 heterocycles. The second kappa shape index (κ2) is 4.49. The summed E-state index contributed by atoms with van der Waals surface area (Å²) in [5.41, 5.74) is 3.02. The Kier molecular flexibility index (Phi) is 2.90. The third-order valence-electron chi connectivity index (χ3n) is 4.20. The maximum atomic E-state index is 8.55. The summed E-state index contributed by atoms with van der Waals surface area (Å²) in [5, 5.41) is 18.4. The molecule has 1 aromatic carbocycles. The first kappa shape index (κ1) is 12.9. The lowest BCUT2D eigenvalue weighted by Gasteiger charge is -2.26. The summed E-state index contributed by atoms with van der Waals surface area (Å²) in [6.07, 6.45) is 3.42. The highest BCUT2D eigenvalue weighted by Crippen LogP contribution is 2.35. The molecule has 0 aliphatic carbocycles. The lowest BCUT2D eigenvalue weighted by atomic mass is 10.0. The van der Waals surface area contributed by atoms with Crippen LogP contribution in [-0.2, 0) is 0 Å². The molecule has 4 heteroatoms. The molecule has 0 radical (unpaired) electrons. The van der Waals surface area contributed by atoms with E-state index in [0.29, 0.717) is 11.4 Å². The van der Waals surface area contributed by atoms with Crippen LogP contribution in [0.2, 0.25) is 18.6 Å². The van der Waals surface area contributed by atoms with Crippen molar-refractivity contribution in [1.82, 2.24) is 4.98 Å². The maximum absolute atomic E-state index is 8.55. The first-order valence-electron chi connectivity index (χ1n) is 6.70. The van der Waals surface area contributed by atoms with Crippen LogP contribution in [0.25, 0.3) is 0 Å². The van der Waals surface area contributed by atoms with E-state index in [0.717, 1.165) is 11.1 Å². The Morgan fingerprint density at radius 2 is 1.75 bits per heavy atom. The molecule has 1 atom stereocenters. The highest BCUT2D eigenvalue weighted by molar-refractivity contribution is 7.00. The molecule has 2 aromatic rings. The number of nitrogens with one attached hydrogen (secondary N) is 2. The van der Waals surface area contributed by atoms with Crippen molar-refractivity contribution in [3.63, 3.8) is 0 Å². The van der Waals surface area contributed by atoms with Crippen molar-refractivity contribution in [2.45, 2.75) is 18.6 Å². The van der Waals surface area contributed by atoms with E-state index in [2.05, 4.69) is 24.1 Å². The van der Waals surface area contributed by atoms with Gasteiger partial charge in [0.1, 0.15) is 0 Å². The van der Waals surface area contributed by atoms with Crippen molar-refractivity contribution in [2.75, 3.05) is 0 Å². The smallest absolute Gasteiger partial charge is 0.0975 e. The molecule has 0 spiro atoms. The molecular weight excluding hydrogens is 262 g/mol. The van der Waals surface area contributed by atoms with Gasteiger partial charge in [-0.3, -0.25) is 4.98 Å². The zero-order chi connectivity index (χ0) is 14.3. The van der Waals surface area contributed by atoms with Gasteiger partial charge >= 0.3 is 0 Å². The topological polar surface area (TPSA) is 60.6 Å². The SMILES string of the molecule is C[Si]1(C)c2ccccc2C(=N)C1C(=N)c1ccncc1. The van der Waals surface area contributed by atoms with Crippen LogP contribution < -0.4 is 5.19 Å². The molecule has 0 saturated heterocycles. The fraction of sp³-hybridized carbons (Fsp3) is 0.188. The Balaban J connectivity index is 2.09. The van der Waals surface area contributed by atoms with Crippen LogP contribution in [-0.4, -0.2) is 24.5 Å². The molecule has 1 unspecified atom stereocenters. The summed E-state index contributed by atoms with van der Waals surface area (Å²) in [6.45, 7) is 4.52. The summed E-state index contributed by atoms with van der Waals surface area (Å²) in [6, 6.07) is 11.9. The Morgan fingerprint density at radius 1 is 1.10 bits per heavy atom. The van der Waals surface area contributed by atoms with Gasteiger partial charge in [0.2, 0.25) is 0 Å². The number of aromatic nitrogens is 1. The first-order valence-corrected chi connectivity index (χ1v) is 9.78. The van der Waals surface area contributed by atoms with Gasteiger partial charge in [0, 0.05) is 29.4 Å². The van der Waals surface area contributed by atoms with Gasteiger partial charge in [-0.25, -0.2) is 0 Å². The van der Waals surface area contributed by atoms with Gasteiger partial charge in [-0.2, -0.15) is 0 Å². The summed E-state index contributed by atoms with van der Waals surface area (Å²) >= 11 is 0. The number of rotatable bonds is 2. The normalized spacial score (nSPS) is 19.7. The van der Waals surface area contributed by atoms with Crippen LogP contribution in [0.4, 0.5) is 0 Å². The minimum Gasteiger partial charge on any atom is -0.304 e. The Labute approximate surface area is 119 Å². The van der Waals surface area contributed by atoms with Gasteiger partial charge in [0.05, 0.1) is 8.07 Å². The molecule has 3 nitrogen and oxygen atoms in total. The first-order chi connectivity index (χ1) is 9.53. The van der Waals surface area contributed by atoms with Gasteiger partial charge in [-0.15, -0.1) is 0 Å². The molecule has 0 bridgehead atoms. The third kappa shape index (κ3) is 1.76. The fourth-order valence-electron chi connectivity index (χ4n) is 3.16. The van der Waals surface area contributed by atoms with Crippen molar-refractivity contribution in [3.8, 4) is 0 Å². The fourth-order valence-corrected chi connectivity index (χ4v) is 6.67. The van der Waals surface area contributed by atoms with Crippen molar-refractivity contribution in [3.05, 3.63) is 59.9 Å². The summed E-state index contributed by atoms with van der Waals surface area (Å²) < 4.78 is 0. The lowest BCUT2D eigenvalue weighted by Crippen LogP contribution is -2.45. The molecule has 0 fully saturated rings. The summed E-state index contributed by atoms with van der Waals surface area (Å²) in [7, 11) is -1.87. The van der Waals surface area contributed by atoms with Crippen LogP contribution in [0.1, 0.15) is 11.1 Å². The molecule has 2 N–H and O–H groups in total. The highest BCUT2D eigenvalue weighted by Gasteiger charge is 2.47. The number of pyridine rings is 1. The minimum atomic E-state index is -1.87. The maximum Gasteiger partial charge on any atom is 0.0975 e. The predicted octanol–water partition coefficient (Wildman–Crippen LogP) is 2.82. The molecule has 100 valence electrons. The summed E-state index contributed by atoms with van der Waals surface area (Å²) in [4.78, 5) is 4.01. The van der Waals surface area contributed by atoms with Crippen molar-refractivity contribution >= 4 is 24.7 Å². The van der Waals surface area contributed by atoms with Crippen LogP contribution in [0, 0.1) is 10.8 Å². The second-order valence-corrected chi connectivity index (χ2v) is 10.3. The number of benzene rings is 1. The van der Waals surface area contributed by atoms with Crippen molar-refractivity contribution in [1.29, 1.82) is 10.8 Å². The third-order valence-corrected chi connectivity index (χ3v) is 8.05. The molecule has 20 heavy (non-hydrogen) atoms. The molecule has 1 aliphatic rings.